The van der Waals surface area contributed by atoms with Crippen LogP contribution in [0.5, 0.6) is 0 Å². The van der Waals surface area contributed by atoms with Crippen LogP contribution < -0.4 is 0 Å². The molecule has 3 aliphatic carbocycles. The van der Waals surface area contributed by atoms with Gasteiger partial charge in [-0.1, -0.05) is 33.6 Å². The zero-order valence-corrected chi connectivity index (χ0v) is 27.6. The second-order valence-electron chi connectivity index (χ2n) is 16.6. The maximum absolute atomic E-state index is 14.8. The normalized spacial score (nSPS) is 49.8. The highest BCUT2D eigenvalue weighted by Gasteiger charge is 2.91. The highest BCUT2D eigenvalue weighted by Crippen LogP contribution is 2.81. The van der Waals surface area contributed by atoms with Crippen molar-refractivity contribution >= 4 is 17.7 Å². The predicted octanol–water partition coefficient (Wildman–Crippen LogP) is 4.23. The van der Waals surface area contributed by atoms with Gasteiger partial charge in [-0.3, -0.25) is 9.59 Å². The van der Waals surface area contributed by atoms with Crippen LogP contribution in [0.3, 0.4) is 0 Å². The summed E-state index contributed by atoms with van der Waals surface area (Å²) in [5.41, 5.74) is -5.24. The minimum absolute atomic E-state index is 0.00347. The Labute approximate surface area is 269 Å². The minimum Gasteiger partial charge on any atom is -0.469 e. The second-order valence-corrected chi connectivity index (χ2v) is 16.6. The Bertz CT molecular complexity index is 1480. The average Bonchev–Trinajstić information content (AvgIpc) is 3.29. The van der Waals surface area contributed by atoms with Gasteiger partial charge in [0.1, 0.15) is 30.2 Å². The topological polar surface area (TPSA) is 145 Å². The smallest absolute Gasteiger partial charge is 0.339 e. The van der Waals surface area contributed by atoms with E-state index in [9.17, 15) is 24.6 Å². The lowest BCUT2D eigenvalue weighted by molar-refractivity contribution is -0.264. The van der Waals surface area contributed by atoms with Crippen LogP contribution in [0, 0.1) is 39.4 Å². The van der Waals surface area contributed by atoms with Crippen LogP contribution >= 0.6 is 0 Å². The summed E-state index contributed by atoms with van der Waals surface area (Å²) in [7, 11) is 0. The van der Waals surface area contributed by atoms with Crippen LogP contribution in [0.1, 0.15) is 103 Å². The van der Waals surface area contributed by atoms with Gasteiger partial charge in [0.2, 0.25) is 0 Å². The Morgan fingerprint density at radius 1 is 1.00 bits per heavy atom. The van der Waals surface area contributed by atoms with E-state index in [1.807, 2.05) is 26.8 Å². The van der Waals surface area contributed by atoms with Gasteiger partial charge in [-0.05, 0) is 70.3 Å². The molecule has 0 amide bonds. The molecule has 1 aromatic heterocycles. The summed E-state index contributed by atoms with van der Waals surface area (Å²) in [6, 6.07) is 1.89. The molecular weight excluding hydrogens is 592 g/mol. The standard InChI is InChI=1S/C36H48O10/c1-6-7-8-9-21-20(12-15-42-21)26-32(4)13-11-22-33(5,36(32)27(45-36)28(40)44-26)25(39)23(38)24-31(2,3)46-29-34(14-10-19(16-34)17-37)30(41)43-18-35(22,24)29/h12,15,19,22,24-27,29,37,39H,6-11,13-14,16-18H2,1-5H3/t19-,22-,24+,25-,26-,27-,29+,32-,33+,34-,35+,36+/m1/s1. The number of fused-ring (bicyclic) bond motifs is 2. The van der Waals surface area contributed by atoms with Crippen LogP contribution in [0.4, 0.5) is 0 Å². The number of hydrogen-bond acceptors (Lipinski definition) is 10. The molecule has 3 saturated carbocycles. The molecule has 10 heteroatoms. The summed E-state index contributed by atoms with van der Waals surface area (Å²) in [4.78, 5) is 42.3. The summed E-state index contributed by atoms with van der Waals surface area (Å²) in [5.74, 6) is -1.52. The van der Waals surface area contributed by atoms with Gasteiger partial charge in [-0.15, -0.1) is 0 Å². The number of aliphatic hydroxyl groups excluding tert-OH is 2. The van der Waals surface area contributed by atoms with E-state index in [1.165, 1.54) is 0 Å². The Balaban J connectivity index is 1.27. The van der Waals surface area contributed by atoms with Gasteiger partial charge in [-0.2, -0.15) is 0 Å². The molecule has 4 aliphatic heterocycles. The fourth-order valence-electron chi connectivity index (χ4n) is 12.4. The van der Waals surface area contributed by atoms with Crippen molar-refractivity contribution in [3.63, 3.8) is 0 Å². The third-order valence-corrected chi connectivity index (χ3v) is 14.2. The van der Waals surface area contributed by atoms with E-state index < -0.39 is 69.2 Å². The summed E-state index contributed by atoms with van der Waals surface area (Å²) >= 11 is 0. The number of Topliss-reactive ketones (excluding diaryl/α,β-unsaturated/α-hetero) is 1. The maximum atomic E-state index is 14.8. The van der Waals surface area contributed by atoms with Crippen molar-refractivity contribution < 1.29 is 48.0 Å². The molecule has 7 aliphatic rings. The Hall–Kier alpha value is -2.27. The number of aliphatic hydroxyl groups is 2. The lowest BCUT2D eigenvalue weighted by Gasteiger charge is -2.67. The molecule has 12 atom stereocenters. The number of rotatable bonds is 6. The lowest BCUT2D eigenvalue weighted by atomic mass is 9.35. The van der Waals surface area contributed by atoms with E-state index in [0.29, 0.717) is 32.1 Å². The first-order valence-corrected chi connectivity index (χ1v) is 17.4. The van der Waals surface area contributed by atoms with Gasteiger partial charge in [0.15, 0.2) is 11.9 Å². The van der Waals surface area contributed by atoms with E-state index >= 15 is 0 Å². The summed E-state index contributed by atoms with van der Waals surface area (Å²) in [6.45, 7) is 9.89. The molecule has 0 bridgehead atoms. The molecule has 10 nitrogen and oxygen atoms in total. The third kappa shape index (κ3) is 3.35. The highest BCUT2D eigenvalue weighted by molar-refractivity contribution is 5.92. The SMILES string of the molecule is CCCCCc1occc1[C@H]1OC(=O)[C@H]2O[C@@]23[C@]2(C)[C@H](O)C(=O)[C@H]4C(C)(C)O[C@H]5[C@]6(CC[C@@H](CO)C6)C(=O)OC[C@]45[C@@H]2CC[C@]13C. The molecule has 4 saturated heterocycles. The largest absolute Gasteiger partial charge is 0.469 e. The number of cyclic esters (lactones) is 2. The van der Waals surface area contributed by atoms with Crippen molar-refractivity contribution in [3.05, 3.63) is 23.7 Å². The fourth-order valence-corrected chi connectivity index (χ4v) is 12.4. The Morgan fingerprint density at radius 3 is 2.50 bits per heavy atom. The van der Waals surface area contributed by atoms with Crippen LogP contribution in [0.2, 0.25) is 0 Å². The second kappa shape index (κ2) is 9.67. The number of hydrogen-bond donors (Lipinski definition) is 2. The quantitative estimate of drug-likeness (QED) is 0.263. The van der Waals surface area contributed by atoms with Crippen molar-refractivity contribution in [2.24, 2.45) is 39.4 Å². The molecule has 2 N–H and O–H groups in total. The van der Waals surface area contributed by atoms with Crippen LogP contribution in [0.15, 0.2) is 16.7 Å². The number of carbonyl (C=O) groups is 3. The maximum Gasteiger partial charge on any atom is 0.339 e. The lowest BCUT2D eigenvalue weighted by Crippen LogP contribution is -2.77. The molecule has 1 aromatic rings. The average molecular weight is 641 g/mol. The van der Waals surface area contributed by atoms with Crippen LogP contribution in [-0.4, -0.2) is 70.7 Å². The number of aryl methyl sites for hydroxylation is 1. The van der Waals surface area contributed by atoms with Gasteiger partial charge >= 0.3 is 11.9 Å². The van der Waals surface area contributed by atoms with E-state index in [2.05, 4.69) is 13.8 Å². The molecule has 46 heavy (non-hydrogen) atoms. The van der Waals surface area contributed by atoms with Gasteiger partial charge < -0.3 is 33.6 Å². The fraction of sp³-hybridized carbons (Fsp3) is 0.806. The zero-order chi connectivity index (χ0) is 32.7. The zero-order valence-electron chi connectivity index (χ0n) is 27.6. The molecule has 0 aromatic carbocycles. The third-order valence-electron chi connectivity index (χ3n) is 14.2. The predicted molar refractivity (Wildman–Crippen MR) is 161 cm³/mol. The molecule has 7 fully saturated rings. The number of carbonyl (C=O) groups excluding carboxylic acids is 3. The van der Waals surface area contributed by atoms with Gasteiger partial charge in [0.05, 0.1) is 29.3 Å². The number of ketones is 1. The summed E-state index contributed by atoms with van der Waals surface area (Å²) < 4.78 is 31.8. The molecule has 0 unspecified atom stereocenters. The van der Waals surface area contributed by atoms with Crippen LogP contribution in [0.25, 0.3) is 0 Å². The number of esters is 2. The van der Waals surface area contributed by atoms with Gasteiger partial charge in [0.25, 0.3) is 0 Å². The molecule has 5 heterocycles. The molecule has 8 rings (SSSR count). The molecule has 0 radical (unpaired) electrons. The molecule has 252 valence electrons. The molecular formula is C36H48O10. The number of epoxide rings is 1. The van der Waals surface area contributed by atoms with Crippen molar-refractivity contribution in [1.29, 1.82) is 0 Å². The molecule has 3 spiro atoms. The number of ether oxygens (including phenoxy) is 4. The van der Waals surface area contributed by atoms with Crippen molar-refractivity contribution in [2.45, 2.75) is 128 Å². The Morgan fingerprint density at radius 2 is 1.78 bits per heavy atom. The first-order chi connectivity index (χ1) is 21.8. The van der Waals surface area contributed by atoms with Crippen molar-refractivity contribution in [1.82, 2.24) is 0 Å². The monoisotopic (exact) mass is 640 g/mol. The van der Waals surface area contributed by atoms with Crippen molar-refractivity contribution in [2.75, 3.05) is 13.2 Å². The van der Waals surface area contributed by atoms with E-state index in [0.717, 1.165) is 37.0 Å². The Kier molecular flexibility index (Phi) is 6.52. The van der Waals surface area contributed by atoms with Gasteiger partial charge in [0, 0.05) is 34.8 Å². The summed E-state index contributed by atoms with van der Waals surface area (Å²) in [5, 5.41) is 22.4. The van der Waals surface area contributed by atoms with E-state index in [4.69, 9.17) is 23.4 Å². The van der Waals surface area contributed by atoms with Crippen molar-refractivity contribution in [3.8, 4) is 0 Å². The first kappa shape index (κ1) is 31.0. The number of furan rings is 1. The van der Waals surface area contributed by atoms with Gasteiger partial charge in [-0.25, -0.2) is 4.79 Å². The highest BCUT2D eigenvalue weighted by atomic mass is 16.7. The van der Waals surface area contributed by atoms with E-state index in [-0.39, 0.29) is 36.8 Å². The van der Waals surface area contributed by atoms with Crippen LogP contribution in [-0.2, 0) is 39.8 Å². The first-order valence-electron chi connectivity index (χ1n) is 17.4. The van der Waals surface area contributed by atoms with E-state index in [1.54, 1.807) is 6.26 Å². The summed E-state index contributed by atoms with van der Waals surface area (Å²) in [6.07, 6.45) is 4.56. The number of unbranched alkanes of at least 4 members (excludes halogenated alkanes) is 2. The minimum atomic E-state index is -1.43.